The Morgan fingerprint density at radius 3 is 2.26 bits per heavy atom. The summed E-state index contributed by atoms with van der Waals surface area (Å²) in [6.45, 7) is 5.49. The highest BCUT2D eigenvalue weighted by atomic mass is 32.2. The third-order valence-corrected chi connectivity index (χ3v) is 7.11. The van der Waals surface area contributed by atoms with E-state index in [9.17, 15) is 18.0 Å². The number of sulfonamides is 1. The minimum Gasteiger partial charge on any atom is -0.478 e. The number of carbonyl (C=O) groups is 2. The van der Waals surface area contributed by atoms with Crippen molar-refractivity contribution in [3.63, 3.8) is 0 Å². The minimum absolute atomic E-state index is 0.0441. The molecule has 1 atom stereocenters. The normalized spacial score (nSPS) is 17.4. The van der Waals surface area contributed by atoms with Crippen LogP contribution >= 0.6 is 0 Å². The topological polar surface area (TPSA) is 95.0 Å². The average Bonchev–Trinajstić information content (AvgIpc) is 2.67. The van der Waals surface area contributed by atoms with Crippen molar-refractivity contribution in [2.24, 2.45) is 11.8 Å². The van der Waals surface area contributed by atoms with E-state index in [0.717, 1.165) is 6.42 Å². The Kier molecular flexibility index (Phi) is 7.00. The number of piperidine rings is 1. The van der Waals surface area contributed by atoms with Gasteiger partial charge in [-0.1, -0.05) is 20.3 Å². The number of hydrogen-bond acceptors (Lipinski definition) is 4. The molecule has 1 saturated heterocycles. The Balaban J connectivity index is 1.99. The fourth-order valence-corrected chi connectivity index (χ4v) is 4.73. The van der Waals surface area contributed by atoms with Crippen LogP contribution in [0.1, 0.15) is 43.5 Å². The number of aromatic carboxylic acids is 1. The van der Waals surface area contributed by atoms with E-state index in [1.807, 2.05) is 7.05 Å². The Hall–Kier alpha value is -1.93. The molecule has 1 aromatic carbocycles. The van der Waals surface area contributed by atoms with Gasteiger partial charge in [-0.2, -0.15) is 4.31 Å². The number of amides is 1. The summed E-state index contributed by atoms with van der Waals surface area (Å²) in [6, 6.07) is 5.20. The molecule has 1 aliphatic rings. The van der Waals surface area contributed by atoms with E-state index in [4.69, 9.17) is 5.11 Å². The fraction of sp³-hybridized carbons (Fsp3) is 0.579. The van der Waals surface area contributed by atoms with Crippen LogP contribution in [0.4, 0.5) is 0 Å². The smallest absolute Gasteiger partial charge is 0.335 e. The summed E-state index contributed by atoms with van der Waals surface area (Å²) in [5.74, 6) is -0.731. The molecule has 8 heteroatoms. The van der Waals surface area contributed by atoms with Gasteiger partial charge in [0.15, 0.2) is 0 Å². The zero-order valence-electron chi connectivity index (χ0n) is 16.1. The zero-order chi connectivity index (χ0) is 20.2. The standard InChI is InChI=1S/C19H28N2O5S/c1-4-14(2)13-20(3)18(22)15-9-11-21(12-10-15)27(25,26)17-7-5-16(6-8-17)19(23)24/h5-8,14-15H,4,9-13H2,1-3H3,(H,23,24). The quantitative estimate of drug-likeness (QED) is 0.763. The maximum atomic E-state index is 12.7. The molecule has 0 bridgehead atoms. The molecule has 150 valence electrons. The molecule has 1 amide bonds. The highest BCUT2D eigenvalue weighted by Crippen LogP contribution is 2.25. The van der Waals surface area contributed by atoms with Gasteiger partial charge in [0.05, 0.1) is 10.5 Å². The molecule has 27 heavy (non-hydrogen) atoms. The van der Waals surface area contributed by atoms with Crippen LogP contribution in [0.3, 0.4) is 0 Å². The molecule has 0 aromatic heterocycles. The summed E-state index contributed by atoms with van der Waals surface area (Å²) < 4.78 is 26.9. The molecule has 0 aliphatic carbocycles. The summed E-state index contributed by atoms with van der Waals surface area (Å²) in [6.07, 6.45) is 2.00. The summed E-state index contributed by atoms with van der Waals surface area (Å²) >= 11 is 0. The Bertz CT molecular complexity index is 768. The molecule has 0 radical (unpaired) electrons. The molecule has 1 N–H and O–H groups in total. The van der Waals surface area contributed by atoms with Crippen LogP contribution in [0.25, 0.3) is 0 Å². The van der Waals surface area contributed by atoms with Gasteiger partial charge in [-0.3, -0.25) is 4.79 Å². The SMILES string of the molecule is CCC(C)CN(C)C(=O)C1CCN(S(=O)(=O)c2ccc(C(=O)O)cc2)CC1. The van der Waals surface area contributed by atoms with Crippen molar-refractivity contribution in [2.45, 2.75) is 38.0 Å². The molecule has 1 fully saturated rings. The monoisotopic (exact) mass is 396 g/mol. The van der Waals surface area contributed by atoms with Gasteiger partial charge in [-0.15, -0.1) is 0 Å². The van der Waals surface area contributed by atoms with E-state index in [1.165, 1.54) is 28.6 Å². The Morgan fingerprint density at radius 2 is 1.78 bits per heavy atom. The first-order valence-electron chi connectivity index (χ1n) is 9.25. The summed E-state index contributed by atoms with van der Waals surface area (Å²) in [5, 5.41) is 8.93. The third kappa shape index (κ3) is 5.07. The van der Waals surface area contributed by atoms with Gasteiger partial charge in [0.2, 0.25) is 15.9 Å². The number of benzene rings is 1. The lowest BCUT2D eigenvalue weighted by atomic mass is 9.96. The number of carbonyl (C=O) groups excluding carboxylic acids is 1. The van der Waals surface area contributed by atoms with Crippen LogP contribution < -0.4 is 0 Å². The Morgan fingerprint density at radius 1 is 1.22 bits per heavy atom. The number of nitrogens with zero attached hydrogens (tertiary/aromatic N) is 2. The van der Waals surface area contributed by atoms with Crippen LogP contribution in [0, 0.1) is 11.8 Å². The zero-order valence-corrected chi connectivity index (χ0v) is 16.9. The first-order chi connectivity index (χ1) is 12.7. The average molecular weight is 397 g/mol. The van der Waals surface area contributed by atoms with Gasteiger partial charge < -0.3 is 10.0 Å². The van der Waals surface area contributed by atoms with Crippen molar-refractivity contribution in [2.75, 3.05) is 26.7 Å². The van der Waals surface area contributed by atoms with E-state index in [-0.39, 0.29) is 35.4 Å². The molecular weight excluding hydrogens is 368 g/mol. The first-order valence-corrected chi connectivity index (χ1v) is 10.7. The maximum Gasteiger partial charge on any atom is 0.335 e. The van der Waals surface area contributed by atoms with Gasteiger partial charge in [-0.25, -0.2) is 13.2 Å². The second kappa shape index (κ2) is 8.84. The molecular formula is C19H28N2O5S. The number of carboxylic acids is 1. The van der Waals surface area contributed by atoms with Gasteiger partial charge in [0.25, 0.3) is 0 Å². The number of rotatable bonds is 7. The van der Waals surface area contributed by atoms with Crippen molar-refractivity contribution in [3.8, 4) is 0 Å². The molecule has 0 spiro atoms. The summed E-state index contributed by atoms with van der Waals surface area (Å²) in [7, 11) is -1.87. The van der Waals surface area contributed by atoms with Crippen molar-refractivity contribution in [3.05, 3.63) is 29.8 Å². The first kappa shape index (κ1) is 21.4. The van der Waals surface area contributed by atoms with E-state index < -0.39 is 16.0 Å². The molecule has 1 aliphatic heterocycles. The van der Waals surface area contributed by atoms with E-state index in [1.54, 1.807) is 4.90 Å². The minimum atomic E-state index is -3.68. The van der Waals surface area contributed by atoms with Gasteiger partial charge in [0, 0.05) is 32.6 Å². The molecule has 2 rings (SSSR count). The van der Waals surface area contributed by atoms with E-state index >= 15 is 0 Å². The van der Waals surface area contributed by atoms with Crippen molar-refractivity contribution in [1.82, 2.24) is 9.21 Å². The second-order valence-corrected chi connectivity index (χ2v) is 9.18. The van der Waals surface area contributed by atoms with Crippen LogP contribution in [-0.4, -0.2) is 61.3 Å². The van der Waals surface area contributed by atoms with Crippen LogP contribution in [0.2, 0.25) is 0 Å². The van der Waals surface area contributed by atoms with Crippen LogP contribution in [0.15, 0.2) is 29.2 Å². The molecule has 1 heterocycles. The predicted octanol–water partition coefficient (Wildman–Crippen LogP) is 2.29. The van der Waals surface area contributed by atoms with Crippen LogP contribution in [-0.2, 0) is 14.8 Å². The fourth-order valence-electron chi connectivity index (χ4n) is 3.26. The predicted molar refractivity (Wildman–Crippen MR) is 102 cm³/mol. The lowest BCUT2D eigenvalue weighted by molar-refractivity contribution is -0.135. The van der Waals surface area contributed by atoms with Gasteiger partial charge >= 0.3 is 5.97 Å². The largest absolute Gasteiger partial charge is 0.478 e. The number of carboxylic acid groups (broad SMARTS) is 1. The highest BCUT2D eigenvalue weighted by molar-refractivity contribution is 7.89. The van der Waals surface area contributed by atoms with Gasteiger partial charge in [-0.05, 0) is 43.0 Å². The molecule has 0 saturated carbocycles. The second-order valence-electron chi connectivity index (χ2n) is 7.24. The Labute approximate surface area is 161 Å². The van der Waals surface area contributed by atoms with Gasteiger partial charge in [0.1, 0.15) is 0 Å². The van der Waals surface area contributed by atoms with Crippen LogP contribution in [0.5, 0.6) is 0 Å². The maximum absolute atomic E-state index is 12.7. The number of hydrogen-bond donors (Lipinski definition) is 1. The summed E-state index contributed by atoms with van der Waals surface area (Å²) in [5.41, 5.74) is 0.0441. The molecule has 1 unspecified atom stereocenters. The van der Waals surface area contributed by atoms with E-state index in [2.05, 4.69) is 13.8 Å². The van der Waals surface area contributed by atoms with Crippen molar-refractivity contribution in [1.29, 1.82) is 0 Å². The lowest BCUT2D eigenvalue weighted by Gasteiger charge is -2.33. The molecule has 7 nitrogen and oxygen atoms in total. The van der Waals surface area contributed by atoms with E-state index in [0.29, 0.717) is 25.3 Å². The highest BCUT2D eigenvalue weighted by Gasteiger charge is 2.33. The summed E-state index contributed by atoms with van der Waals surface area (Å²) in [4.78, 5) is 25.3. The van der Waals surface area contributed by atoms with Crippen molar-refractivity contribution >= 4 is 21.9 Å². The third-order valence-electron chi connectivity index (χ3n) is 5.20. The van der Waals surface area contributed by atoms with Crippen molar-refractivity contribution < 1.29 is 23.1 Å². The lowest BCUT2D eigenvalue weighted by Crippen LogP contribution is -2.44. The molecule has 1 aromatic rings.